The quantitative estimate of drug-likeness (QED) is 0.513. The molecule has 0 saturated carbocycles. The Morgan fingerprint density at radius 3 is 2.41 bits per heavy atom. The molecule has 0 radical (unpaired) electrons. The molecule has 0 aliphatic rings. The number of hydrogen-bond acceptors (Lipinski definition) is 5. The number of aromatic hydroxyl groups is 1. The number of phenolic OH excluding ortho intramolecular Hbond substituents is 1. The first kappa shape index (κ1) is 19.8. The van der Waals surface area contributed by atoms with E-state index >= 15 is 0 Å². The maximum absolute atomic E-state index is 12.9. The second-order valence-electron chi connectivity index (χ2n) is 6.18. The van der Waals surface area contributed by atoms with Gasteiger partial charge in [0.05, 0.1) is 30.6 Å². The zero-order chi connectivity index (χ0) is 20.6. The van der Waals surface area contributed by atoms with Gasteiger partial charge in [-0.15, -0.1) is 0 Å². The zero-order valence-corrected chi connectivity index (χ0v) is 15.9. The average Bonchev–Trinajstić information content (AvgIpc) is 2.77. The van der Waals surface area contributed by atoms with Crippen molar-refractivity contribution in [1.82, 2.24) is 4.98 Å². The summed E-state index contributed by atoms with van der Waals surface area (Å²) in [5, 5.41) is 10.2. The van der Waals surface area contributed by atoms with Gasteiger partial charge >= 0.3 is 5.97 Å². The molecule has 1 amide bonds. The fourth-order valence-corrected chi connectivity index (χ4v) is 2.73. The molecular weight excluding hydrogens is 368 g/mol. The van der Waals surface area contributed by atoms with E-state index in [1.807, 2.05) is 12.1 Å². The Morgan fingerprint density at radius 1 is 1.03 bits per heavy atom. The molecule has 0 atom stereocenters. The molecule has 29 heavy (non-hydrogen) atoms. The first-order chi connectivity index (χ1) is 14.1. The van der Waals surface area contributed by atoms with Gasteiger partial charge in [-0.25, -0.2) is 4.79 Å². The Kier molecular flexibility index (Phi) is 6.37. The number of carbonyl (C=O) groups excluding carboxylic acids is 2. The van der Waals surface area contributed by atoms with E-state index < -0.39 is 5.97 Å². The highest BCUT2D eigenvalue weighted by Gasteiger charge is 2.17. The van der Waals surface area contributed by atoms with Gasteiger partial charge in [-0.1, -0.05) is 30.3 Å². The van der Waals surface area contributed by atoms with E-state index in [-0.39, 0.29) is 18.2 Å². The summed E-state index contributed by atoms with van der Waals surface area (Å²) in [4.78, 5) is 30.2. The molecular formula is C23H20N2O4. The smallest absolute Gasteiger partial charge is 0.337 e. The van der Waals surface area contributed by atoms with Crippen molar-refractivity contribution >= 4 is 23.6 Å². The van der Waals surface area contributed by atoms with Crippen LogP contribution in [0.3, 0.4) is 0 Å². The molecule has 2 aromatic carbocycles. The lowest BCUT2D eigenvalue weighted by Gasteiger charge is -2.22. The number of carbonyl (C=O) groups is 2. The first-order valence-corrected chi connectivity index (χ1v) is 8.94. The fourth-order valence-electron chi connectivity index (χ4n) is 2.73. The molecule has 1 N–H and O–H groups in total. The van der Waals surface area contributed by atoms with E-state index in [9.17, 15) is 14.7 Å². The van der Waals surface area contributed by atoms with Crippen LogP contribution >= 0.6 is 0 Å². The van der Waals surface area contributed by atoms with Crippen molar-refractivity contribution in [3.63, 3.8) is 0 Å². The maximum Gasteiger partial charge on any atom is 0.337 e. The van der Waals surface area contributed by atoms with E-state index in [1.165, 1.54) is 24.2 Å². The second-order valence-corrected chi connectivity index (χ2v) is 6.18. The SMILES string of the molecule is COC(=O)c1ccc(/C=C/C(=O)N(Cc2ccccn2)c2ccccc2O)cc1. The van der Waals surface area contributed by atoms with Crippen molar-refractivity contribution in [2.24, 2.45) is 0 Å². The van der Waals surface area contributed by atoms with Crippen LogP contribution in [0.5, 0.6) is 5.75 Å². The number of phenols is 1. The van der Waals surface area contributed by atoms with E-state index in [4.69, 9.17) is 0 Å². The number of nitrogens with zero attached hydrogens (tertiary/aromatic N) is 2. The van der Waals surface area contributed by atoms with Gasteiger partial charge in [-0.05, 0) is 48.0 Å². The van der Waals surface area contributed by atoms with E-state index in [1.54, 1.807) is 60.8 Å². The summed E-state index contributed by atoms with van der Waals surface area (Å²) in [5.74, 6) is -0.723. The normalized spacial score (nSPS) is 10.7. The molecule has 0 saturated heterocycles. The lowest BCUT2D eigenvalue weighted by molar-refractivity contribution is -0.114. The number of methoxy groups -OCH3 is 1. The number of ether oxygens (including phenoxy) is 1. The summed E-state index contributed by atoms with van der Waals surface area (Å²) < 4.78 is 4.68. The van der Waals surface area contributed by atoms with Gasteiger partial charge in [-0.3, -0.25) is 14.7 Å². The standard InChI is InChI=1S/C23H20N2O4/c1-29-23(28)18-12-9-17(10-13-18)11-14-22(27)25(16-19-6-4-5-15-24-19)20-7-2-3-8-21(20)26/h2-15,26H,16H2,1H3/b14-11+. The Labute approximate surface area is 168 Å². The van der Waals surface area contributed by atoms with Crippen LogP contribution in [0.15, 0.2) is 79.0 Å². The summed E-state index contributed by atoms with van der Waals surface area (Å²) in [5.41, 5.74) is 2.27. The van der Waals surface area contributed by atoms with Gasteiger partial charge in [0.2, 0.25) is 0 Å². The van der Waals surface area contributed by atoms with E-state index in [2.05, 4.69) is 9.72 Å². The lowest BCUT2D eigenvalue weighted by Crippen LogP contribution is -2.29. The molecule has 0 unspecified atom stereocenters. The van der Waals surface area contributed by atoms with Crippen LogP contribution in [0, 0.1) is 0 Å². The highest BCUT2D eigenvalue weighted by atomic mass is 16.5. The van der Waals surface area contributed by atoms with Crippen LogP contribution in [0.4, 0.5) is 5.69 Å². The summed E-state index contributed by atoms with van der Waals surface area (Å²) in [6.07, 6.45) is 4.72. The number of aromatic nitrogens is 1. The molecule has 0 fully saturated rings. The van der Waals surface area contributed by atoms with E-state index in [0.29, 0.717) is 16.9 Å². The van der Waals surface area contributed by atoms with Crippen molar-refractivity contribution in [3.8, 4) is 5.75 Å². The van der Waals surface area contributed by atoms with Gasteiger partial charge in [-0.2, -0.15) is 0 Å². The fraction of sp³-hybridized carbons (Fsp3) is 0.0870. The van der Waals surface area contributed by atoms with Crippen LogP contribution in [0.25, 0.3) is 6.08 Å². The van der Waals surface area contributed by atoms with Gasteiger partial charge in [0.25, 0.3) is 5.91 Å². The Hall–Kier alpha value is -3.93. The molecule has 0 bridgehead atoms. The minimum atomic E-state index is -0.419. The minimum Gasteiger partial charge on any atom is -0.506 e. The molecule has 6 heteroatoms. The molecule has 1 heterocycles. The lowest BCUT2D eigenvalue weighted by atomic mass is 10.1. The molecule has 3 rings (SSSR count). The Morgan fingerprint density at radius 2 is 1.76 bits per heavy atom. The second kappa shape index (κ2) is 9.32. The number of esters is 1. The predicted molar refractivity (Wildman–Crippen MR) is 110 cm³/mol. The first-order valence-electron chi connectivity index (χ1n) is 8.94. The summed E-state index contributed by atoms with van der Waals surface area (Å²) in [6, 6.07) is 18.8. The van der Waals surface area contributed by atoms with Crippen LogP contribution in [-0.4, -0.2) is 29.1 Å². The third kappa shape index (κ3) is 5.07. The third-order valence-electron chi connectivity index (χ3n) is 4.23. The highest BCUT2D eigenvalue weighted by Crippen LogP contribution is 2.28. The van der Waals surface area contributed by atoms with Gasteiger partial charge in [0, 0.05) is 12.3 Å². The number of pyridine rings is 1. The molecule has 1 aromatic heterocycles. The maximum atomic E-state index is 12.9. The number of rotatable bonds is 6. The van der Waals surface area contributed by atoms with Crippen molar-refractivity contribution in [3.05, 3.63) is 95.8 Å². The van der Waals surface area contributed by atoms with Crippen molar-refractivity contribution in [2.45, 2.75) is 6.54 Å². The molecule has 6 nitrogen and oxygen atoms in total. The Balaban J connectivity index is 1.83. The molecule has 0 aliphatic carbocycles. The third-order valence-corrected chi connectivity index (χ3v) is 4.23. The average molecular weight is 388 g/mol. The summed E-state index contributed by atoms with van der Waals surface area (Å²) >= 11 is 0. The zero-order valence-electron chi connectivity index (χ0n) is 15.9. The monoisotopic (exact) mass is 388 g/mol. The van der Waals surface area contributed by atoms with Gasteiger partial charge < -0.3 is 9.84 Å². The van der Waals surface area contributed by atoms with Crippen LogP contribution in [-0.2, 0) is 16.1 Å². The van der Waals surface area contributed by atoms with Gasteiger partial charge in [0.15, 0.2) is 0 Å². The van der Waals surface area contributed by atoms with Crippen molar-refractivity contribution in [2.75, 3.05) is 12.0 Å². The molecule has 3 aromatic rings. The van der Waals surface area contributed by atoms with Crippen molar-refractivity contribution < 1.29 is 19.4 Å². The minimum absolute atomic E-state index is 0.00705. The summed E-state index contributed by atoms with van der Waals surface area (Å²) in [6.45, 7) is 0.211. The van der Waals surface area contributed by atoms with Crippen LogP contribution in [0.2, 0.25) is 0 Å². The molecule has 0 aliphatic heterocycles. The van der Waals surface area contributed by atoms with E-state index in [0.717, 1.165) is 5.56 Å². The van der Waals surface area contributed by atoms with Gasteiger partial charge in [0.1, 0.15) is 5.75 Å². The predicted octanol–water partition coefficient (Wildman–Crippen LogP) is 3.82. The number of benzene rings is 2. The number of anilines is 1. The number of amides is 1. The number of hydrogen-bond donors (Lipinski definition) is 1. The summed E-state index contributed by atoms with van der Waals surface area (Å²) in [7, 11) is 1.32. The Bertz CT molecular complexity index is 1010. The highest BCUT2D eigenvalue weighted by molar-refractivity contribution is 6.04. The topological polar surface area (TPSA) is 79.7 Å². The van der Waals surface area contributed by atoms with Crippen LogP contribution < -0.4 is 4.90 Å². The number of para-hydroxylation sites is 2. The molecule has 146 valence electrons. The largest absolute Gasteiger partial charge is 0.506 e. The molecule has 0 spiro atoms. The van der Waals surface area contributed by atoms with Crippen LogP contribution in [0.1, 0.15) is 21.6 Å². The van der Waals surface area contributed by atoms with Crippen molar-refractivity contribution in [1.29, 1.82) is 0 Å².